The summed E-state index contributed by atoms with van der Waals surface area (Å²) in [5.41, 5.74) is 1.47. The molecule has 3 aromatic rings. The van der Waals surface area contributed by atoms with Crippen LogP contribution < -0.4 is 4.90 Å². The third-order valence-electron chi connectivity index (χ3n) is 11.2. The minimum atomic E-state index is -2.68. The summed E-state index contributed by atoms with van der Waals surface area (Å²) in [6.45, 7) is 0.573. The highest BCUT2D eigenvalue weighted by molar-refractivity contribution is 5.95. The van der Waals surface area contributed by atoms with Gasteiger partial charge in [0.1, 0.15) is 0 Å². The van der Waals surface area contributed by atoms with Gasteiger partial charge in [-0.05, 0) is 100 Å². The fourth-order valence-corrected chi connectivity index (χ4v) is 8.14. The summed E-state index contributed by atoms with van der Waals surface area (Å²) in [5.74, 6) is 1.56. The van der Waals surface area contributed by atoms with E-state index in [0.29, 0.717) is 36.1 Å². The van der Waals surface area contributed by atoms with Gasteiger partial charge in [-0.1, -0.05) is 29.2 Å². The van der Waals surface area contributed by atoms with Crippen molar-refractivity contribution in [1.82, 2.24) is 20.3 Å². The lowest BCUT2D eigenvalue weighted by Crippen LogP contribution is -2.47. The van der Waals surface area contributed by atoms with Crippen molar-refractivity contribution in [1.29, 1.82) is 0 Å². The van der Waals surface area contributed by atoms with Crippen LogP contribution >= 0.6 is 0 Å². The molecule has 3 atom stereocenters. The molecule has 8 nitrogen and oxygen atoms in total. The molecule has 8 rings (SSSR count). The van der Waals surface area contributed by atoms with Crippen molar-refractivity contribution in [2.75, 3.05) is 11.4 Å². The first-order valence-electron chi connectivity index (χ1n) is 16.8. The lowest BCUT2D eigenvalue weighted by molar-refractivity contribution is -0.126. The van der Waals surface area contributed by atoms with E-state index in [9.17, 15) is 13.6 Å². The van der Waals surface area contributed by atoms with Crippen LogP contribution in [0, 0.1) is 23.7 Å². The van der Waals surface area contributed by atoms with Gasteiger partial charge in [0.2, 0.25) is 17.7 Å². The fourth-order valence-electron chi connectivity index (χ4n) is 8.14. The Hall–Kier alpha value is -3.17. The molecule has 5 fully saturated rings. The van der Waals surface area contributed by atoms with Crippen LogP contribution in [0.3, 0.4) is 0 Å². The van der Waals surface area contributed by atoms with Gasteiger partial charge in [0.15, 0.2) is 11.6 Å². The number of carbonyl (C=O) groups is 1. The van der Waals surface area contributed by atoms with Gasteiger partial charge in [0.05, 0.1) is 0 Å². The zero-order valence-electron chi connectivity index (χ0n) is 25.2. The van der Waals surface area contributed by atoms with Crippen LogP contribution in [0.25, 0.3) is 11.5 Å². The molecule has 5 saturated carbocycles. The monoisotopic (exact) mass is 605 g/mol. The molecule has 10 heteroatoms. The van der Waals surface area contributed by atoms with E-state index in [1.807, 2.05) is 29.2 Å². The van der Waals surface area contributed by atoms with Gasteiger partial charge in [-0.3, -0.25) is 4.79 Å². The van der Waals surface area contributed by atoms with Gasteiger partial charge in [0.25, 0.3) is 5.89 Å². The summed E-state index contributed by atoms with van der Waals surface area (Å²) in [6, 6.07) is 7.75. The molecule has 1 amide bonds. The number of alkyl halides is 2. The predicted molar refractivity (Wildman–Crippen MR) is 158 cm³/mol. The largest absolute Gasteiger partial charge is 0.339 e. The average Bonchev–Trinajstić information content (AvgIpc) is 3.94. The van der Waals surface area contributed by atoms with Gasteiger partial charge in [0, 0.05) is 54.3 Å². The number of fused-ring (bicyclic) bond motifs is 2. The molecule has 0 aliphatic heterocycles. The van der Waals surface area contributed by atoms with Crippen molar-refractivity contribution in [2.45, 2.75) is 114 Å². The Kier molecular flexibility index (Phi) is 7.09. The van der Waals surface area contributed by atoms with Gasteiger partial charge < -0.3 is 13.9 Å². The molecule has 2 heterocycles. The Morgan fingerprint density at radius 3 is 2.57 bits per heavy atom. The van der Waals surface area contributed by atoms with E-state index in [0.717, 1.165) is 86.6 Å². The van der Waals surface area contributed by atoms with E-state index in [1.165, 1.54) is 12.8 Å². The van der Waals surface area contributed by atoms with Crippen molar-refractivity contribution >= 4 is 11.6 Å². The Balaban J connectivity index is 1.04. The molecule has 2 bridgehead atoms. The highest BCUT2D eigenvalue weighted by Gasteiger charge is 2.49. The second-order valence-electron chi connectivity index (χ2n) is 14.5. The van der Waals surface area contributed by atoms with E-state index < -0.39 is 11.8 Å². The Morgan fingerprint density at radius 2 is 1.77 bits per heavy atom. The molecule has 0 spiro atoms. The molecule has 0 saturated heterocycles. The number of rotatable bonds is 9. The van der Waals surface area contributed by atoms with E-state index in [1.54, 1.807) is 0 Å². The topological polar surface area (TPSA) is 98.2 Å². The lowest BCUT2D eigenvalue weighted by atomic mass is 9.58. The van der Waals surface area contributed by atoms with E-state index in [-0.39, 0.29) is 37.0 Å². The van der Waals surface area contributed by atoms with E-state index in [2.05, 4.69) is 15.3 Å². The SMILES string of the molecule is O=C(C1CCC(F)(F)CC1)N(CC1CCC2(c3nc(CC4CC4)no3)CCCC1C2)c1cccc(-c2nc(C3CC3)no2)c1. The van der Waals surface area contributed by atoms with Crippen LogP contribution in [0.4, 0.5) is 14.5 Å². The normalized spacial score (nSPS) is 28.6. The van der Waals surface area contributed by atoms with Gasteiger partial charge in [-0.2, -0.15) is 9.97 Å². The molecular formula is C34H41F2N5O3. The van der Waals surface area contributed by atoms with Crippen LogP contribution in [0.2, 0.25) is 0 Å². The summed E-state index contributed by atoms with van der Waals surface area (Å²) in [7, 11) is 0. The minimum absolute atomic E-state index is 0.0453. The van der Waals surface area contributed by atoms with E-state index >= 15 is 0 Å². The maximum atomic E-state index is 14.2. The Bertz CT molecular complexity index is 1500. The van der Waals surface area contributed by atoms with E-state index in [4.69, 9.17) is 14.0 Å². The number of hydrogen-bond acceptors (Lipinski definition) is 7. The molecule has 0 N–H and O–H groups in total. The summed E-state index contributed by atoms with van der Waals surface area (Å²) < 4.78 is 39.6. The van der Waals surface area contributed by atoms with Crippen LogP contribution in [0.5, 0.6) is 0 Å². The molecule has 5 aliphatic rings. The number of hydrogen-bond donors (Lipinski definition) is 0. The third-order valence-corrected chi connectivity index (χ3v) is 11.2. The number of anilines is 1. The summed E-state index contributed by atoms with van der Waals surface area (Å²) in [4.78, 5) is 25.6. The highest BCUT2D eigenvalue weighted by atomic mass is 19.3. The smallest absolute Gasteiger partial charge is 0.258 e. The van der Waals surface area contributed by atoms with Crippen molar-refractivity contribution in [3.05, 3.63) is 41.8 Å². The molecular weight excluding hydrogens is 564 g/mol. The molecule has 44 heavy (non-hydrogen) atoms. The lowest BCUT2D eigenvalue weighted by Gasteiger charge is -2.48. The first-order chi connectivity index (χ1) is 21.3. The third kappa shape index (κ3) is 5.69. The zero-order chi connectivity index (χ0) is 29.9. The molecule has 3 unspecified atom stereocenters. The molecule has 2 aromatic heterocycles. The fraction of sp³-hybridized carbons (Fsp3) is 0.676. The van der Waals surface area contributed by atoms with Crippen molar-refractivity contribution in [2.24, 2.45) is 23.7 Å². The maximum absolute atomic E-state index is 14.2. The quantitative estimate of drug-likeness (QED) is 0.247. The predicted octanol–water partition coefficient (Wildman–Crippen LogP) is 7.65. The molecule has 5 aliphatic carbocycles. The number of aromatic nitrogens is 4. The highest BCUT2D eigenvalue weighted by Crippen LogP contribution is 2.53. The molecule has 234 valence electrons. The molecule has 1 aromatic carbocycles. The number of halogens is 2. The Labute approximate surface area is 256 Å². The number of benzene rings is 1. The van der Waals surface area contributed by atoms with Gasteiger partial charge >= 0.3 is 0 Å². The van der Waals surface area contributed by atoms with Crippen molar-refractivity contribution in [3.63, 3.8) is 0 Å². The summed E-state index contributed by atoms with van der Waals surface area (Å²) >= 11 is 0. The summed E-state index contributed by atoms with van der Waals surface area (Å²) in [5, 5.41) is 8.52. The number of nitrogens with zero attached hydrogens (tertiary/aromatic N) is 5. The molecule has 0 radical (unpaired) electrons. The number of amides is 1. The second kappa shape index (κ2) is 11.0. The van der Waals surface area contributed by atoms with Gasteiger partial charge in [-0.25, -0.2) is 8.78 Å². The van der Waals surface area contributed by atoms with Crippen LogP contribution in [0.15, 0.2) is 33.3 Å². The second-order valence-corrected chi connectivity index (χ2v) is 14.5. The van der Waals surface area contributed by atoms with Gasteiger partial charge in [-0.15, -0.1) is 0 Å². The zero-order valence-corrected chi connectivity index (χ0v) is 25.2. The van der Waals surface area contributed by atoms with Crippen LogP contribution in [-0.4, -0.2) is 38.7 Å². The first-order valence-corrected chi connectivity index (χ1v) is 16.8. The average molecular weight is 606 g/mol. The Morgan fingerprint density at radius 1 is 0.932 bits per heavy atom. The standard InChI is InChI=1S/C34H41F2N5O3/c35-34(36)15-11-23(12-16-34)31(42)41(27-5-1-3-24(18-27)30-38-29(40-43-30)22-8-9-22)20-26-10-14-33(13-2-4-25(26)19-33)32-37-28(39-44-32)17-21-6-7-21/h1,3,5,18,21-23,25-26H,2,4,6-17,19-20H2. The van der Waals surface area contributed by atoms with Crippen molar-refractivity contribution in [3.8, 4) is 11.5 Å². The minimum Gasteiger partial charge on any atom is -0.339 e. The summed E-state index contributed by atoms with van der Waals surface area (Å²) in [6.07, 6.45) is 11.8. The van der Waals surface area contributed by atoms with Crippen molar-refractivity contribution < 1.29 is 22.6 Å². The first kappa shape index (κ1) is 28.3. The van der Waals surface area contributed by atoms with Crippen LogP contribution in [0.1, 0.15) is 113 Å². The number of carbonyl (C=O) groups excluding carboxylic acids is 1. The maximum Gasteiger partial charge on any atom is 0.258 e. The van der Waals surface area contributed by atoms with Crippen LogP contribution in [-0.2, 0) is 16.6 Å².